The van der Waals surface area contributed by atoms with Crippen LogP contribution < -0.4 is 11.1 Å². The van der Waals surface area contributed by atoms with E-state index in [9.17, 15) is 4.39 Å². The number of alkyl halides is 1. The largest absolute Gasteiger partial charge is 0.456 e. The first-order valence-corrected chi connectivity index (χ1v) is 10.0. The number of fused-ring (bicyclic) bond motifs is 1. The lowest BCUT2D eigenvalue weighted by Crippen LogP contribution is -2.31. The highest BCUT2D eigenvalue weighted by atomic mass is 35.5. The van der Waals surface area contributed by atoms with E-state index < -0.39 is 12.2 Å². The minimum Gasteiger partial charge on any atom is -0.456 e. The maximum atomic E-state index is 13.6. The molecule has 0 aromatic carbocycles. The molecule has 142 valence electrons. The van der Waals surface area contributed by atoms with Gasteiger partial charge in [0.2, 0.25) is 0 Å². The molecule has 3 N–H and O–H groups in total. The average Bonchev–Trinajstić information content (AvgIpc) is 3.26. The third kappa shape index (κ3) is 4.62. The zero-order chi connectivity index (χ0) is 19.4. The zero-order valence-corrected chi connectivity index (χ0v) is 16.8. The number of aromatic nitrogens is 1. The van der Waals surface area contributed by atoms with Crippen molar-refractivity contribution in [3.63, 3.8) is 0 Å². The summed E-state index contributed by atoms with van der Waals surface area (Å²) >= 11 is 7.89. The van der Waals surface area contributed by atoms with Crippen molar-refractivity contribution in [2.24, 2.45) is 5.73 Å². The lowest BCUT2D eigenvalue weighted by molar-refractivity contribution is 0.296. The summed E-state index contributed by atoms with van der Waals surface area (Å²) in [6, 6.07) is 5.09. The van der Waals surface area contributed by atoms with Crippen LogP contribution in [0, 0.1) is 11.8 Å². The standard InChI is InChI=1S/C20H21ClFN3OS/c1-3-4-7-14-17(9-15(23)12(2)22)26-20-16(10-18(21)25-19(14)20)24-11-13-6-5-8-27-13/h5-6,8,10,12,15H,3,9,11,23H2,1-2H3,(H,24,25)/t12-,15+/m0/s1. The third-order valence-electron chi connectivity index (χ3n) is 4.12. The molecular weight excluding hydrogens is 385 g/mol. The minimum absolute atomic E-state index is 0.240. The molecule has 0 bridgehead atoms. The number of hydrogen-bond acceptors (Lipinski definition) is 5. The van der Waals surface area contributed by atoms with E-state index in [2.05, 4.69) is 22.1 Å². The molecule has 0 radical (unpaired) electrons. The predicted octanol–water partition coefficient (Wildman–Crippen LogP) is 5.14. The van der Waals surface area contributed by atoms with Crippen molar-refractivity contribution in [3.05, 3.63) is 44.9 Å². The van der Waals surface area contributed by atoms with Crippen molar-refractivity contribution < 1.29 is 8.81 Å². The number of hydrogen-bond donors (Lipinski definition) is 2. The maximum Gasteiger partial charge on any atom is 0.177 e. The van der Waals surface area contributed by atoms with Crippen LogP contribution >= 0.6 is 22.9 Å². The van der Waals surface area contributed by atoms with Crippen LogP contribution in [0.5, 0.6) is 0 Å². The van der Waals surface area contributed by atoms with Crippen molar-refractivity contribution in [3.8, 4) is 11.8 Å². The smallest absolute Gasteiger partial charge is 0.177 e. The van der Waals surface area contributed by atoms with Gasteiger partial charge >= 0.3 is 0 Å². The number of rotatable bonds is 6. The Hall–Kier alpha value is -2.07. The van der Waals surface area contributed by atoms with E-state index in [0.29, 0.717) is 40.5 Å². The topological polar surface area (TPSA) is 64.1 Å². The highest BCUT2D eigenvalue weighted by Gasteiger charge is 2.22. The van der Waals surface area contributed by atoms with Gasteiger partial charge in [-0.25, -0.2) is 9.37 Å². The van der Waals surface area contributed by atoms with Crippen molar-refractivity contribution >= 4 is 39.7 Å². The van der Waals surface area contributed by atoms with Gasteiger partial charge in [-0.15, -0.1) is 11.3 Å². The molecule has 0 saturated heterocycles. The number of pyridine rings is 1. The second-order valence-corrected chi connectivity index (χ2v) is 7.62. The zero-order valence-electron chi connectivity index (χ0n) is 15.2. The van der Waals surface area contributed by atoms with Crippen LogP contribution in [0.3, 0.4) is 0 Å². The van der Waals surface area contributed by atoms with Gasteiger partial charge in [-0.05, 0) is 18.4 Å². The molecule has 0 aliphatic heterocycles. The Labute approximate surface area is 166 Å². The summed E-state index contributed by atoms with van der Waals surface area (Å²) in [5.74, 6) is 6.66. The Morgan fingerprint density at radius 3 is 2.96 bits per heavy atom. The number of nitrogens with two attached hydrogens (primary N) is 1. The van der Waals surface area contributed by atoms with Gasteiger partial charge in [0.1, 0.15) is 22.6 Å². The summed E-state index contributed by atoms with van der Waals surface area (Å²) in [6.07, 6.45) is -0.232. The number of halogens is 2. The molecule has 7 heteroatoms. The molecule has 0 fully saturated rings. The molecule has 4 nitrogen and oxygen atoms in total. The molecule has 3 heterocycles. The van der Waals surface area contributed by atoms with E-state index in [1.807, 2.05) is 24.4 Å². The molecular formula is C20H21ClFN3OS. The van der Waals surface area contributed by atoms with Gasteiger partial charge < -0.3 is 15.5 Å². The first-order chi connectivity index (χ1) is 13.0. The van der Waals surface area contributed by atoms with E-state index in [1.165, 1.54) is 11.8 Å². The van der Waals surface area contributed by atoms with Gasteiger partial charge in [0.25, 0.3) is 0 Å². The molecule has 3 aromatic heterocycles. The summed E-state index contributed by atoms with van der Waals surface area (Å²) < 4.78 is 19.6. The third-order valence-corrected chi connectivity index (χ3v) is 5.19. The summed E-state index contributed by atoms with van der Waals surface area (Å²) in [4.78, 5) is 5.59. The van der Waals surface area contributed by atoms with E-state index in [1.54, 1.807) is 17.4 Å². The Balaban J connectivity index is 2.05. The predicted molar refractivity (Wildman–Crippen MR) is 110 cm³/mol. The van der Waals surface area contributed by atoms with Gasteiger partial charge in [-0.2, -0.15) is 0 Å². The Bertz CT molecular complexity index is 973. The molecule has 0 unspecified atom stereocenters. The van der Waals surface area contributed by atoms with Crippen LogP contribution in [-0.2, 0) is 13.0 Å². The van der Waals surface area contributed by atoms with Crippen LogP contribution in [-0.4, -0.2) is 17.2 Å². The molecule has 0 aliphatic rings. The average molecular weight is 406 g/mol. The van der Waals surface area contributed by atoms with Crippen molar-refractivity contribution in [1.82, 2.24) is 4.98 Å². The fraction of sp³-hybridized carbons (Fsp3) is 0.350. The molecule has 0 spiro atoms. The van der Waals surface area contributed by atoms with E-state index in [0.717, 1.165) is 5.69 Å². The van der Waals surface area contributed by atoms with Crippen LogP contribution in [0.2, 0.25) is 5.15 Å². The lowest BCUT2D eigenvalue weighted by Gasteiger charge is -2.10. The van der Waals surface area contributed by atoms with Crippen molar-refractivity contribution in [2.75, 3.05) is 5.32 Å². The number of thiophene rings is 1. The fourth-order valence-corrected chi connectivity index (χ4v) is 3.47. The van der Waals surface area contributed by atoms with Gasteiger partial charge in [0.05, 0.1) is 11.3 Å². The Morgan fingerprint density at radius 2 is 2.30 bits per heavy atom. The van der Waals surface area contributed by atoms with Crippen molar-refractivity contribution in [2.45, 2.75) is 45.4 Å². The van der Waals surface area contributed by atoms with E-state index in [-0.39, 0.29) is 6.42 Å². The molecule has 3 aromatic rings. The number of furan rings is 1. The van der Waals surface area contributed by atoms with Crippen molar-refractivity contribution in [1.29, 1.82) is 0 Å². The van der Waals surface area contributed by atoms with Gasteiger partial charge in [0.15, 0.2) is 5.58 Å². The Morgan fingerprint density at radius 1 is 1.48 bits per heavy atom. The summed E-state index contributed by atoms with van der Waals surface area (Å²) in [5.41, 5.74) is 8.41. The van der Waals surface area contributed by atoms with Crippen LogP contribution in [0.15, 0.2) is 28.0 Å². The molecule has 3 rings (SSSR count). The lowest BCUT2D eigenvalue weighted by atomic mass is 10.1. The minimum atomic E-state index is -1.15. The van der Waals surface area contributed by atoms with E-state index >= 15 is 0 Å². The van der Waals surface area contributed by atoms with Crippen LogP contribution in [0.4, 0.5) is 10.1 Å². The SMILES string of the molecule is CCC#Cc1c(C[C@@H](N)[C@H](C)F)oc2c(NCc3cccs3)cc(Cl)nc12. The van der Waals surface area contributed by atoms with Gasteiger partial charge in [-0.1, -0.05) is 36.4 Å². The quantitative estimate of drug-likeness (QED) is 0.440. The van der Waals surface area contributed by atoms with Crippen LogP contribution in [0.25, 0.3) is 11.1 Å². The molecule has 27 heavy (non-hydrogen) atoms. The fourth-order valence-electron chi connectivity index (χ4n) is 2.63. The Kier molecular flexibility index (Phi) is 6.38. The highest BCUT2D eigenvalue weighted by molar-refractivity contribution is 7.09. The molecule has 2 atom stereocenters. The normalized spacial score (nSPS) is 13.2. The highest BCUT2D eigenvalue weighted by Crippen LogP contribution is 2.33. The second kappa shape index (κ2) is 8.75. The summed E-state index contributed by atoms with van der Waals surface area (Å²) in [7, 11) is 0. The maximum absolute atomic E-state index is 13.6. The number of nitrogens with one attached hydrogen (secondary N) is 1. The summed E-state index contributed by atoms with van der Waals surface area (Å²) in [5, 5.41) is 5.70. The van der Waals surface area contributed by atoms with Gasteiger partial charge in [0, 0.05) is 36.4 Å². The number of anilines is 1. The van der Waals surface area contributed by atoms with E-state index in [4.69, 9.17) is 21.8 Å². The molecule has 0 aliphatic carbocycles. The van der Waals surface area contributed by atoms with Crippen LogP contribution in [0.1, 0.15) is 36.5 Å². The molecule has 0 saturated carbocycles. The first kappa shape index (κ1) is 19.7. The first-order valence-electron chi connectivity index (χ1n) is 8.76. The van der Waals surface area contributed by atoms with Gasteiger partial charge in [-0.3, -0.25) is 0 Å². The second-order valence-electron chi connectivity index (χ2n) is 6.20. The summed E-state index contributed by atoms with van der Waals surface area (Å²) in [6.45, 7) is 4.03. The number of nitrogens with zero attached hydrogens (tertiary/aromatic N) is 1. The monoisotopic (exact) mass is 405 g/mol. The molecule has 0 amide bonds.